The summed E-state index contributed by atoms with van der Waals surface area (Å²) in [7, 11) is 0. The minimum Gasteiger partial charge on any atom is -0.479 e. The number of benzene rings is 1. The van der Waals surface area contributed by atoms with E-state index < -0.39 is 48.9 Å². The Balaban J connectivity index is 1.42. The van der Waals surface area contributed by atoms with Crippen LogP contribution in [0.1, 0.15) is 25.1 Å². The van der Waals surface area contributed by atoms with Crippen LogP contribution in [-0.2, 0) is 19.0 Å². The number of anilines is 1. The first-order valence-corrected chi connectivity index (χ1v) is 11.8. The number of nitrogens with one attached hydrogen (secondary N) is 2. The highest BCUT2D eigenvalue weighted by Crippen LogP contribution is 2.42. The van der Waals surface area contributed by atoms with Crippen LogP contribution >= 0.6 is 0 Å². The van der Waals surface area contributed by atoms with Crippen LogP contribution in [0.3, 0.4) is 0 Å². The van der Waals surface area contributed by atoms with Crippen molar-refractivity contribution >= 4 is 35.1 Å². The van der Waals surface area contributed by atoms with Crippen molar-refractivity contribution in [1.29, 1.82) is 0 Å². The molecular weight excluding hydrogens is 484 g/mol. The molecular formula is C24H26N6O7. The maximum atomic E-state index is 12.0. The summed E-state index contributed by atoms with van der Waals surface area (Å²) < 4.78 is 20.0. The van der Waals surface area contributed by atoms with E-state index in [9.17, 15) is 19.8 Å². The van der Waals surface area contributed by atoms with Crippen LogP contribution in [0, 0.1) is 0 Å². The summed E-state index contributed by atoms with van der Waals surface area (Å²) in [5, 5.41) is 24.5. The normalized spacial score (nSPS) is 25.8. The van der Waals surface area contributed by atoms with Gasteiger partial charge in [0.1, 0.15) is 18.5 Å². The number of hydrogen-bond donors (Lipinski definition) is 4. The Hall–Kier alpha value is -3.91. The van der Waals surface area contributed by atoms with Crippen LogP contribution in [0.25, 0.3) is 17.2 Å². The maximum Gasteiger partial charge on any atom is 0.332 e. The summed E-state index contributed by atoms with van der Waals surface area (Å²) >= 11 is 0. The summed E-state index contributed by atoms with van der Waals surface area (Å²) in [4.78, 5) is 36.1. The van der Waals surface area contributed by atoms with Crippen LogP contribution in [0.5, 0.6) is 0 Å². The highest BCUT2D eigenvalue weighted by atomic mass is 16.8. The average molecular weight is 511 g/mol. The molecule has 6 atom stereocenters. The van der Waals surface area contributed by atoms with Gasteiger partial charge in [-0.3, -0.25) is 9.88 Å². The van der Waals surface area contributed by atoms with Crippen LogP contribution in [0.2, 0.25) is 0 Å². The van der Waals surface area contributed by atoms with E-state index in [1.54, 1.807) is 17.6 Å². The third kappa shape index (κ3) is 5.15. The van der Waals surface area contributed by atoms with Gasteiger partial charge in [-0.2, -0.15) is 0 Å². The van der Waals surface area contributed by atoms with Crippen LogP contribution in [-0.4, -0.2) is 79.0 Å². The number of aliphatic hydroxyl groups is 1. The predicted octanol–water partition coefficient (Wildman–Crippen LogP) is 1.52. The number of carboxylic acid groups (broad SMARTS) is 1. The number of aromatic nitrogens is 4. The molecule has 0 aliphatic carbocycles. The molecule has 5 rings (SSSR count). The molecule has 4 heterocycles. The second kappa shape index (κ2) is 10.6. The van der Waals surface area contributed by atoms with Crippen molar-refractivity contribution in [3.8, 4) is 0 Å². The SMILES string of the molecule is CCNC(=O)Nc1ncnc2c1ncn2C1OC(CC(O)C(=O)O)C2OC(/C=C/c3ccccc3)OC21. The molecule has 0 spiro atoms. The fraction of sp³-hybridized carbons (Fsp3) is 0.375. The fourth-order valence-electron chi connectivity index (χ4n) is 4.38. The lowest BCUT2D eigenvalue weighted by Crippen LogP contribution is -2.34. The van der Waals surface area contributed by atoms with Crippen LogP contribution in [0.15, 0.2) is 49.1 Å². The number of carbonyl (C=O) groups excluding carboxylic acids is 1. The van der Waals surface area contributed by atoms with Crippen LogP contribution < -0.4 is 10.6 Å². The molecule has 37 heavy (non-hydrogen) atoms. The molecule has 194 valence electrons. The molecule has 2 saturated heterocycles. The minimum absolute atomic E-state index is 0.197. The van der Waals surface area contributed by atoms with Crippen molar-refractivity contribution in [2.24, 2.45) is 0 Å². The van der Waals surface area contributed by atoms with E-state index in [2.05, 4.69) is 25.6 Å². The Kier molecular flexibility index (Phi) is 7.10. The van der Waals surface area contributed by atoms with Crippen molar-refractivity contribution in [3.05, 3.63) is 54.6 Å². The van der Waals surface area contributed by atoms with Gasteiger partial charge in [-0.05, 0) is 18.6 Å². The number of rotatable bonds is 8. The lowest BCUT2D eigenvalue weighted by Gasteiger charge is -2.21. The molecule has 4 N–H and O–H groups in total. The maximum absolute atomic E-state index is 12.0. The molecule has 2 fully saturated rings. The average Bonchev–Trinajstić information content (AvgIpc) is 3.58. The number of ether oxygens (including phenoxy) is 3. The zero-order chi connectivity index (χ0) is 25.9. The van der Waals surface area contributed by atoms with Crippen molar-refractivity contribution in [1.82, 2.24) is 24.8 Å². The monoisotopic (exact) mass is 510 g/mol. The molecule has 0 radical (unpaired) electrons. The molecule has 2 aromatic heterocycles. The van der Waals surface area contributed by atoms with Gasteiger partial charge in [-0.15, -0.1) is 0 Å². The molecule has 3 aromatic rings. The zero-order valence-electron chi connectivity index (χ0n) is 19.8. The lowest BCUT2D eigenvalue weighted by atomic mass is 10.0. The number of urea groups is 1. The topological polar surface area (TPSA) is 170 Å². The number of fused-ring (bicyclic) bond motifs is 2. The number of nitrogens with zero attached hydrogens (tertiary/aromatic N) is 4. The van der Waals surface area contributed by atoms with Crippen molar-refractivity contribution in [3.63, 3.8) is 0 Å². The smallest absolute Gasteiger partial charge is 0.332 e. The largest absolute Gasteiger partial charge is 0.479 e. The van der Waals surface area contributed by atoms with Gasteiger partial charge < -0.3 is 29.7 Å². The number of imidazole rings is 1. The lowest BCUT2D eigenvalue weighted by molar-refractivity contribution is -0.154. The molecule has 2 amide bonds. The van der Waals surface area contributed by atoms with Gasteiger partial charge in [0.2, 0.25) is 0 Å². The first kappa shape index (κ1) is 24.8. The first-order chi connectivity index (χ1) is 17.9. The number of amides is 2. The number of aliphatic hydroxyl groups excluding tert-OH is 1. The van der Waals surface area contributed by atoms with E-state index in [0.29, 0.717) is 17.7 Å². The highest BCUT2D eigenvalue weighted by molar-refractivity contribution is 5.95. The van der Waals surface area contributed by atoms with Gasteiger partial charge >= 0.3 is 12.0 Å². The standard InChI is InChI=1S/C24H26N6O7/c1-2-25-24(34)29-20-17-21(27-11-26-20)30(12-28-17)22-19-18(15(35-22)10-14(31)23(32)33)36-16(37-19)9-8-13-6-4-3-5-7-13/h3-9,11-12,14-16,18-19,22,31H,2,10H2,1H3,(H,32,33)(H2,25,26,27,29,34)/b9-8+. The third-order valence-electron chi connectivity index (χ3n) is 6.06. The minimum atomic E-state index is -1.64. The Morgan fingerprint density at radius 3 is 2.68 bits per heavy atom. The first-order valence-electron chi connectivity index (χ1n) is 11.8. The van der Waals surface area contributed by atoms with E-state index in [1.165, 1.54) is 12.7 Å². The van der Waals surface area contributed by atoms with Gasteiger partial charge in [0.05, 0.1) is 12.4 Å². The van der Waals surface area contributed by atoms with Gasteiger partial charge in [0.25, 0.3) is 0 Å². The van der Waals surface area contributed by atoms with Crippen LogP contribution in [0.4, 0.5) is 10.6 Å². The summed E-state index contributed by atoms with van der Waals surface area (Å²) in [6.45, 7) is 2.23. The van der Waals surface area contributed by atoms with Crippen molar-refractivity contribution in [2.75, 3.05) is 11.9 Å². The Labute approximate surface area is 211 Å². The molecule has 0 bridgehead atoms. The third-order valence-corrected chi connectivity index (χ3v) is 6.06. The molecule has 2 aliphatic rings. The summed E-state index contributed by atoms with van der Waals surface area (Å²) in [6, 6.07) is 9.19. The molecule has 13 heteroatoms. The summed E-state index contributed by atoms with van der Waals surface area (Å²) in [6.07, 6.45) is 0.976. The van der Waals surface area contributed by atoms with E-state index in [-0.39, 0.29) is 12.2 Å². The van der Waals surface area contributed by atoms with Crippen molar-refractivity contribution < 1.29 is 34.0 Å². The molecule has 0 saturated carbocycles. The predicted molar refractivity (Wildman–Crippen MR) is 129 cm³/mol. The number of carboxylic acids is 1. The number of aliphatic carboxylic acids is 1. The second-order valence-corrected chi connectivity index (χ2v) is 8.53. The van der Waals surface area contributed by atoms with E-state index in [1.807, 2.05) is 36.4 Å². The Bertz CT molecular complexity index is 1300. The molecule has 2 aliphatic heterocycles. The molecule has 1 aromatic carbocycles. The van der Waals surface area contributed by atoms with E-state index in [4.69, 9.17) is 14.2 Å². The Morgan fingerprint density at radius 1 is 1.14 bits per heavy atom. The second-order valence-electron chi connectivity index (χ2n) is 8.53. The zero-order valence-corrected chi connectivity index (χ0v) is 19.8. The van der Waals surface area contributed by atoms with E-state index >= 15 is 0 Å². The van der Waals surface area contributed by atoms with Gasteiger partial charge in [0.15, 0.2) is 35.6 Å². The van der Waals surface area contributed by atoms with Gasteiger partial charge in [-0.25, -0.2) is 24.5 Å². The molecule has 6 unspecified atom stereocenters. The summed E-state index contributed by atoms with van der Waals surface area (Å²) in [5.41, 5.74) is 1.67. The highest BCUT2D eigenvalue weighted by Gasteiger charge is 2.54. The number of carbonyl (C=O) groups is 2. The quantitative estimate of drug-likeness (QED) is 0.348. The summed E-state index contributed by atoms with van der Waals surface area (Å²) in [5.74, 6) is -1.14. The van der Waals surface area contributed by atoms with Gasteiger partial charge in [0, 0.05) is 13.0 Å². The van der Waals surface area contributed by atoms with E-state index in [0.717, 1.165) is 5.56 Å². The van der Waals surface area contributed by atoms with Crippen molar-refractivity contribution in [2.45, 2.75) is 50.3 Å². The fourth-order valence-corrected chi connectivity index (χ4v) is 4.38. The Morgan fingerprint density at radius 2 is 1.92 bits per heavy atom. The molecule has 13 nitrogen and oxygen atoms in total. The van der Waals surface area contributed by atoms with Gasteiger partial charge in [-0.1, -0.05) is 36.4 Å². The number of hydrogen-bond acceptors (Lipinski definition) is 9.